The molecule has 1 unspecified atom stereocenters. The van der Waals surface area contributed by atoms with E-state index in [1.165, 1.54) is 0 Å². The van der Waals surface area contributed by atoms with Crippen molar-refractivity contribution in [2.75, 3.05) is 0 Å². The summed E-state index contributed by atoms with van der Waals surface area (Å²) < 4.78 is 32.6. The highest BCUT2D eigenvalue weighted by Gasteiger charge is 2.26. The average Bonchev–Trinajstić information content (AvgIpc) is 2.95. The summed E-state index contributed by atoms with van der Waals surface area (Å²) in [5, 5.41) is 6.40. The maximum atomic E-state index is 12.3. The summed E-state index contributed by atoms with van der Waals surface area (Å²) in [6.07, 6.45) is 0. The third-order valence-corrected chi connectivity index (χ3v) is 4.53. The van der Waals surface area contributed by atoms with Crippen LogP contribution in [0.2, 0.25) is 0 Å². The van der Waals surface area contributed by atoms with Gasteiger partial charge in [0.05, 0.1) is 6.04 Å². The minimum absolute atomic E-state index is 0.0624. The van der Waals surface area contributed by atoms with Gasteiger partial charge in [0, 0.05) is 17.8 Å². The van der Waals surface area contributed by atoms with E-state index >= 15 is 0 Å². The molecule has 2 rings (SSSR count). The Morgan fingerprint density at radius 2 is 2.15 bits per heavy atom. The van der Waals surface area contributed by atoms with Crippen molar-refractivity contribution in [1.29, 1.82) is 0 Å². The zero-order chi connectivity index (χ0) is 14.9. The lowest BCUT2D eigenvalue weighted by molar-refractivity contribution is 0.440. The Bertz CT molecular complexity index is 702. The number of nitrogens with zero attached hydrogens (tertiary/aromatic N) is 1. The maximum Gasteiger partial charge on any atom is 0.260 e. The monoisotopic (exact) mass is 298 g/mol. The number of aryl methyl sites for hydroxylation is 2. The molecule has 0 saturated heterocycles. The van der Waals surface area contributed by atoms with Crippen LogP contribution in [0.1, 0.15) is 35.7 Å². The Labute approximate surface area is 117 Å². The Morgan fingerprint density at radius 3 is 2.70 bits per heavy atom. The summed E-state index contributed by atoms with van der Waals surface area (Å²) in [5.41, 5.74) is 6.70. The molecule has 110 valence electrons. The molecule has 0 spiro atoms. The van der Waals surface area contributed by atoms with E-state index in [1.54, 1.807) is 32.9 Å². The molecule has 4 N–H and O–H groups in total. The molecule has 1 atom stereocenters. The van der Waals surface area contributed by atoms with Gasteiger partial charge in [-0.3, -0.25) is 5.10 Å². The first-order valence-electron chi connectivity index (χ1n) is 6.17. The molecule has 0 bridgehead atoms. The topological polar surface area (TPSA) is 114 Å². The molecule has 0 fully saturated rings. The Kier molecular flexibility index (Phi) is 3.98. The van der Waals surface area contributed by atoms with Crippen molar-refractivity contribution < 1.29 is 12.8 Å². The van der Waals surface area contributed by atoms with Gasteiger partial charge in [-0.2, -0.15) is 9.82 Å². The van der Waals surface area contributed by atoms with E-state index in [0.717, 1.165) is 5.76 Å². The number of nitrogens with two attached hydrogens (primary N) is 1. The lowest BCUT2D eigenvalue weighted by atomic mass is 10.3. The zero-order valence-electron chi connectivity index (χ0n) is 11.6. The highest BCUT2D eigenvalue weighted by Crippen LogP contribution is 2.20. The molecule has 0 radical (unpaired) electrons. The molecule has 0 aliphatic carbocycles. The van der Waals surface area contributed by atoms with Gasteiger partial charge in [0.15, 0.2) is 5.03 Å². The number of aromatic amines is 1. The number of rotatable bonds is 5. The first kappa shape index (κ1) is 14.8. The molecule has 0 aromatic carbocycles. The molecule has 20 heavy (non-hydrogen) atoms. The van der Waals surface area contributed by atoms with E-state index in [0.29, 0.717) is 17.0 Å². The van der Waals surface area contributed by atoms with E-state index in [-0.39, 0.29) is 11.6 Å². The molecule has 2 heterocycles. The van der Waals surface area contributed by atoms with Crippen molar-refractivity contribution in [3.8, 4) is 0 Å². The van der Waals surface area contributed by atoms with Gasteiger partial charge in [-0.05, 0) is 32.9 Å². The minimum atomic E-state index is -3.75. The molecule has 8 heteroatoms. The Balaban J connectivity index is 2.27. The summed E-state index contributed by atoms with van der Waals surface area (Å²) in [6.45, 7) is 5.34. The zero-order valence-corrected chi connectivity index (χ0v) is 12.4. The van der Waals surface area contributed by atoms with Crippen LogP contribution in [-0.4, -0.2) is 18.6 Å². The molecule has 7 nitrogen and oxygen atoms in total. The van der Waals surface area contributed by atoms with Crippen molar-refractivity contribution in [2.24, 2.45) is 5.73 Å². The molecule has 0 aliphatic heterocycles. The van der Waals surface area contributed by atoms with Crippen molar-refractivity contribution in [3.05, 3.63) is 34.9 Å². The quantitative estimate of drug-likeness (QED) is 0.765. The van der Waals surface area contributed by atoms with Crippen LogP contribution < -0.4 is 10.5 Å². The van der Waals surface area contributed by atoms with Gasteiger partial charge in [-0.1, -0.05) is 0 Å². The smallest absolute Gasteiger partial charge is 0.260 e. The fourth-order valence-electron chi connectivity index (χ4n) is 1.93. The van der Waals surface area contributed by atoms with Gasteiger partial charge in [0.2, 0.25) is 0 Å². The standard InChI is InChI=1S/C12H18N4O3S/c1-7-4-5-11(19-7)9(3)16-20(17,18)12-10(6-13)8(2)14-15-12/h4-5,9,16H,6,13H2,1-3H3,(H,14,15). The summed E-state index contributed by atoms with van der Waals surface area (Å²) in [4.78, 5) is 0. The first-order chi connectivity index (χ1) is 9.35. The molecular formula is C12H18N4O3S. The lowest BCUT2D eigenvalue weighted by Gasteiger charge is -2.11. The lowest BCUT2D eigenvalue weighted by Crippen LogP contribution is -2.28. The third kappa shape index (κ3) is 2.77. The minimum Gasteiger partial charge on any atom is -0.465 e. The Hall–Kier alpha value is -1.64. The van der Waals surface area contributed by atoms with Crippen LogP contribution in [-0.2, 0) is 16.6 Å². The predicted molar refractivity (Wildman–Crippen MR) is 73.4 cm³/mol. The van der Waals surface area contributed by atoms with Gasteiger partial charge in [0.1, 0.15) is 11.5 Å². The van der Waals surface area contributed by atoms with Crippen LogP contribution in [0.4, 0.5) is 0 Å². The number of hydrogen-bond acceptors (Lipinski definition) is 5. The second-order valence-electron chi connectivity index (χ2n) is 4.63. The largest absolute Gasteiger partial charge is 0.465 e. The van der Waals surface area contributed by atoms with E-state index in [2.05, 4.69) is 14.9 Å². The first-order valence-corrected chi connectivity index (χ1v) is 7.66. The van der Waals surface area contributed by atoms with Gasteiger partial charge in [-0.25, -0.2) is 8.42 Å². The summed E-state index contributed by atoms with van der Waals surface area (Å²) in [6, 6.07) is 3.03. The average molecular weight is 298 g/mol. The molecule has 0 amide bonds. The van der Waals surface area contributed by atoms with Crippen molar-refractivity contribution in [1.82, 2.24) is 14.9 Å². The van der Waals surface area contributed by atoms with Crippen molar-refractivity contribution in [2.45, 2.75) is 38.4 Å². The van der Waals surface area contributed by atoms with Crippen LogP contribution >= 0.6 is 0 Å². The number of aromatic nitrogens is 2. The van der Waals surface area contributed by atoms with Crippen LogP contribution in [0.3, 0.4) is 0 Å². The second kappa shape index (κ2) is 5.39. The number of hydrogen-bond donors (Lipinski definition) is 3. The van der Waals surface area contributed by atoms with Crippen LogP contribution in [0.15, 0.2) is 21.6 Å². The second-order valence-corrected chi connectivity index (χ2v) is 6.26. The van der Waals surface area contributed by atoms with Gasteiger partial charge in [-0.15, -0.1) is 0 Å². The summed E-state index contributed by atoms with van der Waals surface area (Å²) in [5.74, 6) is 1.27. The summed E-state index contributed by atoms with van der Waals surface area (Å²) >= 11 is 0. The third-order valence-electron chi connectivity index (χ3n) is 3.01. The highest BCUT2D eigenvalue weighted by molar-refractivity contribution is 7.89. The SMILES string of the molecule is Cc1ccc(C(C)NS(=O)(=O)c2n[nH]c(C)c2CN)o1. The molecule has 2 aromatic rings. The van der Waals surface area contributed by atoms with E-state index in [1.807, 2.05) is 0 Å². The number of nitrogens with one attached hydrogen (secondary N) is 2. The summed E-state index contributed by atoms with van der Waals surface area (Å²) in [7, 11) is -3.75. The predicted octanol–water partition coefficient (Wildman–Crippen LogP) is 1.12. The number of H-pyrrole nitrogens is 1. The van der Waals surface area contributed by atoms with Crippen molar-refractivity contribution >= 4 is 10.0 Å². The molecule has 0 aliphatic rings. The maximum absolute atomic E-state index is 12.3. The fourth-order valence-corrected chi connectivity index (χ4v) is 3.35. The highest BCUT2D eigenvalue weighted by atomic mass is 32.2. The molecule has 2 aromatic heterocycles. The van der Waals surface area contributed by atoms with E-state index in [4.69, 9.17) is 10.2 Å². The van der Waals surface area contributed by atoms with Gasteiger partial charge >= 0.3 is 0 Å². The Morgan fingerprint density at radius 1 is 1.45 bits per heavy atom. The number of furan rings is 1. The molecule has 0 saturated carbocycles. The van der Waals surface area contributed by atoms with Crippen LogP contribution in [0.5, 0.6) is 0 Å². The van der Waals surface area contributed by atoms with Gasteiger partial charge in [0.25, 0.3) is 10.0 Å². The van der Waals surface area contributed by atoms with Gasteiger partial charge < -0.3 is 10.2 Å². The van der Waals surface area contributed by atoms with E-state index < -0.39 is 16.1 Å². The van der Waals surface area contributed by atoms with E-state index in [9.17, 15) is 8.42 Å². The van der Waals surface area contributed by atoms with Crippen LogP contribution in [0.25, 0.3) is 0 Å². The normalized spacial score (nSPS) is 13.6. The molecular weight excluding hydrogens is 280 g/mol. The fraction of sp³-hybridized carbons (Fsp3) is 0.417. The number of sulfonamides is 1. The van der Waals surface area contributed by atoms with Crippen LogP contribution in [0, 0.1) is 13.8 Å². The van der Waals surface area contributed by atoms with Crippen molar-refractivity contribution in [3.63, 3.8) is 0 Å².